The van der Waals surface area contributed by atoms with E-state index < -0.39 is 0 Å². The van der Waals surface area contributed by atoms with Gasteiger partial charge in [0.25, 0.3) is 0 Å². The standard InChI is InChI=1S/C69H74N4O/c1-65(2,3)43-45-36-47(38-49(37-45)67(7,8)9)54-24-19-23-53(46-28-31-57-58(39-46)69(12,13)34-33-68(57,10)11)64(54)72-44-71(60-26-16-17-27-61(60)72)50-20-18-21-51(41-50)74-52-29-30-56-55-22-14-15-25-59(55)73(62(56)42-52)63-40-48(32-35-70-63)66(4,5)6/h14-32,35-42H,33-34,43-44H2,1-13H3. The molecular formula is C69H74N4O. The van der Waals surface area contributed by atoms with E-state index in [1.807, 2.05) is 6.20 Å². The van der Waals surface area contributed by atoms with E-state index in [-0.39, 0.29) is 27.1 Å². The van der Waals surface area contributed by atoms with Crippen LogP contribution in [0.3, 0.4) is 0 Å². The number of aromatic nitrogens is 2. The third-order valence-electron chi connectivity index (χ3n) is 16.0. The number of nitrogens with zero attached hydrogens (tertiary/aromatic N) is 4. The molecule has 11 rings (SSSR count). The Labute approximate surface area is 440 Å². The van der Waals surface area contributed by atoms with Crippen LogP contribution in [0.5, 0.6) is 11.5 Å². The molecule has 5 heteroatoms. The second kappa shape index (κ2) is 17.8. The van der Waals surface area contributed by atoms with Gasteiger partial charge in [-0.2, -0.15) is 0 Å². The quantitative estimate of drug-likeness (QED) is 0.152. The minimum Gasteiger partial charge on any atom is -0.457 e. The van der Waals surface area contributed by atoms with E-state index in [1.54, 1.807) is 0 Å². The fourth-order valence-electron chi connectivity index (χ4n) is 11.8. The Bertz CT molecular complexity index is 3620. The molecule has 0 saturated carbocycles. The van der Waals surface area contributed by atoms with Crippen LogP contribution in [0.2, 0.25) is 0 Å². The van der Waals surface area contributed by atoms with Crippen molar-refractivity contribution in [3.8, 4) is 39.6 Å². The van der Waals surface area contributed by atoms with Gasteiger partial charge in [-0.3, -0.25) is 4.57 Å². The Morgan fingerprint density at radius 1 is 0.514 bits per heavy atom. The fraction of sp³-hybridized carbons (Fsp3) is 0.319. The van der Waals surface area contributed by atoms with Crippen molar-refractivity contribution in [3.05, 3.63) is 192 Å². The molecule has 0 amide bonds. The van der Waals surface area contributed by atoms with Crippen LogP contribution in [-0.4, -0.2) is 16.2 Å². The predicted octanol–water partition coefficient (Wildman–Crippen LogP) is 19.1. The van der Waals surface area contributed by atoms with Gasteiger partial charge in [0.15, 0.2) is 0 Å². The zero-order valence-corrected chi connectivity index (χ0v) is 46.1. The van der Waals surface area contributed by atoms with Crippen LogP contribution in [0, 0.1) is 5.41 Å². The van der Waals surface area contributed by atoms with Crippen molar-refractivity contribution in [2.45, 2.75) is 131 Å². The maximum atomic E-state index is 6.89. The number of hydrogen-bond donors (Lipinski definition) is 0. The number of anilines is 4. The maximum Gasteiger partial charge on any atom is 0.137 e. The van der Waals surface area contributed by atoms with Gasteiger partial charge in [-0.25, -0.2) is 4.98 Å². The number of rotatable bonds is 8. The monoisotopic (exact) mass is 975 g/mol. The lowest BCUT2D eigenvalue weighted by Gasteiger charge is -2.42. The third kappa shape index (κ3) is 9.07. The highest BCUT2D eigenvalue weighted by Gasteiger charge is 2.38. The summed E-state index contributed by atoms with van der Waals surface area (Å²) in [4.78, 5) is 9.95. The van der Waals surface area contributed by atoms with Gasteiger partial charge in [0.2, 0.25) is 0 Å². The van der Waals surface area contributed by atoms with Crippen LogP contribution in [-0.2, 0) is 28.1 Å². The Morgan fingerprint density at radius 2 is 1.16 bits per heavy atom. The summed E-state index contributed by atoms with van der Waals surface area (Å²) < 4.78 is 9.17. The molecule has 0 saturated heterocycles. The van der Waals surface area contributed by atoms with Gasteiger partial charge in [0, 0.05) is 45.9 Å². The molecule has 74 heavy (non-hydrogen) atoms. The first-order chi connectivity index (χ1) is 35.0. The van der Waals surface area contributed by atoms with Crippen LogP contribution in [0.4, 0.5) is 22.7 Å². The van der Waals surface area contributed by atoms with Crippen LogP contribution in [0.25, 0.3) is 49.9 Å². The molecule has 1 aliphatic heterocycles. The average molecular weight is 975 g/mol. The topological polar surface area (TPSA) is 33.5 Å². The van der Waals surface area contributed by atoms with E-state index in [9.17, 15) is 0 Å². The van der Waals surface area contributed by atoms with Gasteiger partial charge in [0.1, 0.15) is 24.0 Å². The lowest BCUT2D eigenvalue weighted by Crippen LogP contribution is -2.33. The molecule has 0 atom stereocenters. The highest BCUT2D eigenvalue weighted by atomic mass is 16.5. The molecule has 9 aromatic rings. The van der Waals surface area contributed by atoms with Crippen molar-refractivity contribution in [1.29, 1.82) is 0 Å². The molecule has 0 radical (unpaired) electrons. The average Bonchev–Trinajstić information content (AvgIpc) is 3.90. The van der Waals surface area contributed by atoms with Crippen LogP contribution in [0.1, 0.15) is 131 Å². The zero-order valence-electron chi connectivity index (χ0n) is 46.1. The Kier molecular flexibility index (Phi) is 11.8. The normalized spacial score (nSPS) is 15.4. The van der Waals surface area contributed by atoms with E-state index in [0.29, 0.717) is 6.67 Å². The molecule has 0 unspecified atom stereocenters. The molecule has 0 spiro atoms. The third-order valence-corrected chi connectivity index (χ3v) is 16.0. The van der Waals surface area contributed by atoms with Crippen LogP contribution < -0.4 is 14.5 Å². The van der Waals surface area contributed by atoms with Gasteiger partial charge < -0.3 is 14.5 Å². The van der Waals surface area contributed by atoms with E-state index >= 15 is 0 Å². The minimum absolute atomic E-state index is 0.0150. The summed E-state index contributed by atoms with van der Waals surface area (Å²) in [6, 6.07) is 58.7. The first kappa shape index (κ1) is 49.1. The van der Waals surface area contributed by atoms with Crippen molar-refractivity contribution < 1.29 is 4.74 Å². The SMILES string of the molecule is CC(C)(C)Cc1cc(-c2cccc(-c3ccc4c(c3)C(C)(C)CCC4(C)C)c2N2CN(c3cccc(Oc4ccc5c6ccccc6n(-c6cc(C(C)(C)C)ccn6)c5c4)c3)c3ccccc32)cc(C(C)(C)C)c1. The number of ether oxygens (including phenoxy) is 1. The summed E-state index contributed by atoms with van der Waals surface area (Å²) in [5.74, 6) is 2.45. The van der Waals surface area contributed by atoms with Crippen molar-refractivity contribution in [2.24, 2.45) is 5.41 Å². The molecule has 7 aromatic carbocycles. The Balaban J connectivity index is 1.02. The molecule has 5 nitrogen and oxygen atoms in total. The highest BCUT2D eigenvalue weighted by Crippen LogP contribution is 2.53. The highest BCUT2D eigenvalue weighted by molar-refractivity contribution is 6.09. The van der Waals surface area contributed by atoms with Crippen molar-refractivity contribution in [1.82, 2.24) is 9.55 Å². The summed E-state index contributed by atoms with van der Waals surface area (Å²) in [6.45, 7) is 31.2. The second-order valence-electron chi connectivity index (χ2n) is 25.9. The molecule has 376 valence electrons. The van der Waals surface area contributed by atoms with Gasteiger partial charge in [-0.05, 0) is 140 Å². The number of hydrogen-bond acceptors (Lipinski definition) is 4. The first-order valence-electron chi connectivity index (χ1n) is 26.9. The molecule has 0 bridgehead atoms. The smallest absolute Gasteiger partial charge is 0.137 e. The molecule has 2 aromatic heterocycles. The van der Waals surface area contributed by atoms with Gasteiger partial charge in [0.05, 0.1) is 28.1 Å². The summed E-state index contributed by atoms with van der Waals surface area (Å²) in [5, 5.41) is 2.35. The fourth-order valence-corrected chi connectivity index (χ4v) is 11.8. The molecule has 2 aliphatic rings. The minimum atomic E-state index is -0.0269. The largest absolute Gasteiger partial charge is 0.457 e. The first-order valence-corrected chi connectivity index (χ1v) is 26.9. The number of para-hydroxylation sites is 4. The van der Waals surface area contributed by atoms with E-state index in [0.717, 1.165) is 51.5 Å². The molecule has 0 fully saturated rings. The lowest BCUT2D eigenvalue weighted by atomic mass is 9.63. The summed E-state index contributed by atoms with van der Waals surface area (Å²) in [6.07, 6.45) is 5.28. The molecule has 0 N–H and O–H groups in total. The number of pyridine rings is 1. The van der Waals surface area contributed by atoms with Gasteiger partial charge >= 0.3 is 0 Å². The van der Waals surface area contributed by atoms with Crippen molar-refractivity contribution >= 4 is 44.6 Å². The predicted molar refractivity (Wildman–Crippen MR) is 314 cm³/mol. The molecule has 3 heterocycles. The van der Waals surface area contributed by atoms with Gasteiger partial charge in [-0.1, -0.05) is 181 Å². The van der Waals surface area contributed by atoms with E-state index in [2.05, 4.69) is 262 Å². The number of benzene rings is 7. The zero-order chi connectivity index (χ0) is 52.1. The second-order valence-corrected chi connectivity index (χ2v) is 25.9. The summed E-state index contributed by atoms with van der Waals surface area (Å²) >= 11 is 0. The van der Waals surface area contributed by atoms with Crippen molar-refractivity contribution in [3.63, 3.8) is 0 Å². The lowest BCUT2D eigenvalue weighted by molar-refractivity contribution is 0.332. The molecular weight excluding hydrogens is 901 g/mol. The Hall–Kier alpha value is -7.11. The van der Waals surface area contributed by atoms with Crippen molar-refractivity contribution in [2.75, 3.05) is 16.5 Å². The van der Waals surface area contributed by atoms with Gasteiger partial charge in [-0.15, -0.1) is 0 Å². The maximum absolute atomic E-state index is 6.89. The van der Waals surface area contributed by atoms with Crippen LogP contribution >= 0.6 is 0 Å². The Morgan fingerprint density at radius 3 is 1.89 bits per heavy atom. The van der Waals surface area contributed by atoms with E-state index in [4.69, 9.17) is 9.72 Å². The summed E-state index contributed by atoms with van der Waals surface area (Å²) in [7, 11) is 0. The number of fused-ring (bicyclic) bond motifs is 5. The molecule has 1 aliphatic carbocycles. The summed E-state index contributed by atoms with van der Waals surface area (Å²) in [5.41, 5.74) is 19.0. The van der Waals surface area contributed by atoms with Crippen LogP contribution in [0.15, 0.2) is 164 Å². The van der Waals surface area contributed by atoms with E-state index in [1.165, 1.54) is 79.7 Å².